The van der Waals surface area contributed by atoms with Crippen LogP contribution in [0.1, 0.15) is 6.92 Å². The van der Waals surface area contributed by atoms with Gasteiger partial charge in [-0.1, -0.05) is 0 Å². The Morgan fingerprint density at radius 2 is 1.86 bits per heavy atom. The summed E-state index contributed by atoms with van der Waals surface area (Å²) in [5.74, 6) is -4.94. The molecule has 0 aliphatic rings. The second kappa shape index (κ2) is 10.3. The van der Waals surface area contributed by atoms with Crippen molar-refractivity contribution >= 4 is 30.3 Å². The normalized spacial score (nSPS) is 14.3. The van der Waals surface area contributed by atoms with Crippen LogP contribution in [0.15, 0.2) is 29.2 Å². The van der Waals surface area contributed by atoms with Crippen LogP contribution >= 0.6 is 18.5 Å². The van der Waals surface area contributed by atoms with Crippen LogP contribution in [0, 0.1) is 0 Å². The second-order valence-corrected chi connectivity index (χ2v) is 7.50. The third-order valence-corrected chi connectivity index (χ3v) is 4.76. The topological polar surface area (TPSA) is 41.5 Å². The molecule has 0 aromatic heterocycles. The summed E-state index contributed by atoms with van der Waals surface area (Å²) in [5.41, 5.74) is 0. The molecule has 0 aliphatic heterocycles. The number of hydrogen-bond acceptors (Lipinski definition) is 5. The number of benzene rings is 1. The number of halogens is 4. The summed E-state index contributed by atoms with van der Waals surface area (Å²) in [4.78, 5) is 11.9. The van der Waals surface area contributed by atoms with Crippen molar-refractivity contribution in [3.05, 3.63) is 24.3 Å². The molecular weight excluding hydrogens is 390 g/mol. The first-order chi connectivity index (χ1) is 9.66. The Bertz CT molecular complexity index is 505. The van der Waals surface area contributed by atoms with Gasteiger partial charge >= 0.3 is 63.7 Å². The SMILES string of the molecule is CCOP([O-])(=S)Oc1ccc(SCC(F)(F)C(F)F)cc1.[K+]. The minimum Gasteiger partial charge on any atom is -0.770 e. The molecule has 0 radical (unpaired) electrons. The fourth-order valence-electron chi connectivity index (χ4n) is 1.15. The quantitative estimate of drug-likeness (QED) is 0.277. The molecule has 1 aromatic rings. The summed E-state index contributed by atoms with van der Waals surface area (Å²) in [6.45, 7) is -1.90. The molecule has 0 fully saturated rings. The Kier molecular flexibility index (Phi) is 10.9. The monoisotopic (exact) mass is 402 g/mol. The Labute approximate surface area is 177 Å². The van der Waals surface area contributed by atoms with Gasteiger partial charge in [-0.25, -0.2) is 8.78 Å². The average molecular weight is 402 g/mol. The van der Waals surface area contributed by atoms with Gasteiger partial charge in [-0.05, 0) is 43.0 Å². The van der Waals surface area contributed by atoms with Crippen LogP contribution in [0.3, 0.4) is 0 Å². The zero-order valence-electron chi connectivity index (χ0n) is 11.8. The first-order valence-electron chi connectivity index (χ1n) is 5.70. The van der Waals surface area contributed by atoms with E-state index in [0.29, 0.717) is 16.7 Å². The molecule has 1 unspecified atom stereocenters. The Hall–Kier alpha value is 1.30. The summed E-state index contributed by atoms with van der Waals surface area (Å²) >= 11 is 5.19. The second-order valence-electron chi connectivity index (χ2n) is 3.78. The van der Waals surface area contributed by atoms with E-state index in [1.54, 1.807) is 6.92 Å². The minimum atomic E-state index is -4.05. The van der Waals surface area contributed by atoms with Gasteiger partial charge in [-0.15, -0.1) is 11.8 Å². The molecule has 0 aliphatic carbocycles. The van der Waals surface area contributed by atoms with Crippen molar-refractivity contribution in [1.29, 1.82) is 0 Å². The van der Waals surface area contributed by atoms with Crippen molar-refractivity contribution in [2.75, 3.05) is 12.4 Å². The third-order valence-electron chi connectivity index (χ3n) is 2.08. The zero-order valence-corrected chi connectivity index (χ0v) is 17.5. The van der Waals surface area contributed by atoms with Gasteiger partial charge in [0.05, 0.1) is 12.4 Å². The predicted molar refractivity (Wildman–Crippen MR) is 74.7 cm³/mol. The molecule has 0 amide bonds. The van der Waals surface area contributed by atoms with Crippen molar-refractivity contribution in [3.8, 4) is 5.75 Å². The molecule has 11 heteroatoms. The van der Waals surface area contributed by atoms with E-state index in [2.05, 4.69) is 11.8 Å². The summed E-state index contributed by atoms with van der Waals surface area (Å²) in [6, 6.07) is 5.45. The van der Waals surface area contributed by atoms with Gasteiger partial charge in [-0.3, -0.25) is 0 Å². The molecule has 0 spiro atoms. The van der Waals surface area contributed by atoms with E-state index in [9.17, 15) is 22.5 Å². The van der Waals surface area contributed by atoms with E-state index in [1.807, 2.05) is 0 Å². The van der Waals surface area contributed by atoms with Crippen molar-refractivity contribution in [3.63, 3.8) is 0 Å². The zero-order chi connectivity index (χ0) is 16.1. The molecule has 3 nitrogen and oxygen atoms in total. The fourth-order valence-corrected chi connectivity index (χ4v) is 3.29. The van der Waals surface area contributed by atoms with Crippen LogP contribution in [0.25, 0.3) is 0 Å². The molecule has 0 saturated heterocycles. The largest absolute Gasteiger partial charge is 1.00 e. The van der Waals surface area contributed by atoms with Crippen LogP contribution in [-0.4, -0.2) is 24.7 Å². The Morgan fingerprint density at radius 1 is 1.32 bits per heavy atom. The average Bonchev–Trinajstić information content (AvgIpc) is 2.37. The van der Waals surface area contributed by atoms with Gasteiger partial charge in [-0.2, -0.15) is 8.78 Å². The Balaban J connectivity index is 0.00000441. The van der Waals surface area contributed by atoms with Gasteiger partial charge in [0.1, 0.15) is 5.75 Å². The molecule has 0 saturated carbocycles. The van der Waals surface area contributed by atoms with Gasteiger partial charge in [0, 0.05) is 4.90 Å². The summed E-state index contributed by atoms with van der Waals surface area (Å²) in [5, 5.41) is 0. The molecule has 1 atom stereocenters. The van der Waals surface area contributed by atoms with Gasteiger partial charge in [0.2, 0.25) is 0 Å². The van der Waals surface area contributed by atoms with Gasteiger partial charge in [0.25, 0.3) is 0 Å². The maximum atomic E-state index is 12.8. The third kappa shape index (κ3) is 8.41. The van der Waals surface area contributed by atoms with Crippen LogP contribution in [0.2, 0.25) is 0 Å². The van der Waals surface area contributed by atoms with Crippen molar-refractivity contribution in [1.82, 2.24) is 0 Å². The molecule has 1 aromatic carbocycles. The predicted octanol–water partition coefficient (Wildman–Crippen LogP) is 0.683. The number of thioether (sulfide) groups is 1. The smallest absolute Gasteiger partial charge is 0.770 e. The standard InChI is InChI=1S/C11H13F4O3PS2.K/c1-2-17-19(16,20)18-8-3-5-9(6-4-8)21-7-11(14,15)10(12)13;/h3-6,10H,2,7H2,1H3,(H,16,20);/q;+1/p-1. The van der Waals surface area contributed by atoms with Crippen molar-refractivity contribution < 1.29 is 82.9 Å². The molecular formula is C11H12F4KO3PS2. The van der Waals surface area contributed by atoms with E-state index in [-0.39, 0.29) is 63.7 Å². The first-order valence-corrected chi connectivity index (χ1v) is 9.24. The van der Waals surface area contributed by atoms with E-state index in [0.717, 1.165) is 0 Å². The fraction of sp³-hybridized carbons (Fsp3) is 0.455. The van der Waals surface area contributed by atoms with Crippen LogP contribution in [0.4, 0.5) is 17.6 Å². The van der Waals surface area contributed by atoms with E-state index >= 15 is 0 Å². The summed E-state index contributed by atoms with van der Waals surface area (Å²) < 4.78 is 59.2. The van der Waals surface area contributed by atoms with Crippen LogP contribution in [-0.2, 0) is 16.3 Å². The molecule has 1 rings (SSSR count). The molecule has 120 valence electrons. The first kappa shape index (κ1) is 23.3. The number of rotatable bonds is 8. The van der Waals surface area contributed by atoms with Crippen LogP contribution < -0.4 is 60.8 Å². The van der Waals surface area contributed by atoms with Crippen molar-refractivity contribution in [2.24, 2.45) is 0 Å². The van der Waals surface area contributed by atoms with E-state index in [4.69, 9.17) is 9.05 Å². The van der Waals surface area contributed by atoms with Gasteiger partial charge < -0.3 is 13.9 Å². The molecule has 0 N–H and O–H groups in total. The molecule has 22 heavy (non-hydrogen) atoms. The number of alkyl halides is 4. The van der Waals surface area contributed by atoms with E-state index < -0.39 is 24.8 Å². The van der Waals surface area contributed by atoms with Gasteiger partial charge in [0.15, 0.2) is 6.72 Å². The minimum absolute atomic E-state index is 0. The van der Waals surface area contributed by atoms with E-state index in [1.165, 1.54) is 24.3 Å². The molecule has 0 heterocycles. The Morgan fingerprint density at radius 3 is 2.32 bits per heavy atom. The summed E-state index contributed by atoms with van der Waals surface area (Å²) in [6.07, 6.45) is -3.70. The van der Waals surface area contributed by atoms with Crippen LogP contribution in [0.5, 0.6) is 5.75 Å². The maximum absolute atomic E-state index is 12.8. The molecule has 0 bridgehead atoms. The van der Waals surface area contributed by atoms with Crippen molar-refractivity contribution in [2.45, 2.75) is 24.2 Å². The number of hydrogen-bond donors (Lipinski definition) is 0. The maximum Gasteiger partial charge on any atom is 1.00 e. The summed E-state index contributed by atoms with van der Waals surface area (Å²) in [7, 11) is 0.